The highest BCUT2D eigenvalue weighted by molar-refractivity contribution is 5.76. The molecule has 0 aromatic rings. The van der Waals surface area contributed by atoms with Gasteiger partial charge in [0, 0.05) is 6.42 Å². The molecule has 0 aromatic heterocycles. The van der Waals surface area contributed by atoms with E-state index in [2.05, 4.69) is 19.2 Å². The Bertz CT molecular complexity index is 299. The smallest absolute Gasteiger partial charge is 0.344 e. The van der Waals surface area contributed by atoms with Gasteiger partial charge < -0.3 is 5.32 Å². The molecule has 1 aliphatic rings. The van der Waals surface area contributed by atoms with Crippen molar-refractivity contribution in [1.29, 1.82) is 0 Å². The van der Waals surface area contributed by atoms with E-state index in [9.17, 15) is 18.0 Å². The van der Waals surface area contributed by atoms with Gasteiger partial charge >= 0.3 is 6.18 Å². The van der Waals surface area contributed by atoms with Crippen LogP contribution in [0.2, 0.25) is 0 Å². The van der Waals surface area contributed by atoms with Gasteiger partial charge in [0.1, 0.15) is 6.04 Å². The van der Waals surface area contributed by atoms with Crippen LogP contribution in [0.3, 0.4) is 0 Å². The summed E-state index contributed by atoms with van der Waals surface area (Å²) in [6, 6.07) is -1.68. The van der Waals surface area contributed by atoms with Gasteiger partial charge in [0.15, 0.2) is 0 Å². The molecule has 1 aliphatic heterocycles. The average Bonchev–Trinajstić information content (AvgIpc) is 2.21. The summed E-state index contributed by atoms with van der Waals surface area (Å²) in [5, 5.41) is 2.08. The monoisotopic (exact) mass is 265 g/mol. The van der Waals surface area contributed by atoms with Crippen LogP contribution in [0.15, 0.2) is 0 Å². The van der Waals surface area contributed by atoms with Gasteiger partial charge in [-0.05, 0) is 30.6 Å². The van der Waals surface area contributed by atoms with Gasteiger partial charge in [-0.1, -0.05) is 27.2 Å². The first-order valence-electron chi connectivity index (χ1n) is 6.53. The molecule has 0 spiro atoms. The van der Waals surface area contributed by atoms with Gasteiger partial charge in [0.2, 0.25) is 5.91 Å². The first-order chi connectivity index (χ1) is 8.16. The van der Waals surface area contributed by atoms with E-state index in [4.69, 9.17) is 0 Å². The van der Waals surface area contributed by atoms with Gasteiger partial charge in [-0.25, -0.2) is 0 Å². The van der Waals surface area contributed by atoms with E-state index in [1.165, 1.54) is 0 Å². The second kappa shape index (κ2) is 5.49. The summed E-state index contributed by atoms with van der Waals surface area (Å²) >= 11 is 0. The molecule has 1 saturated heterocycles. The number of amides is 1. The number of carbonyl (C=O) groups is 1. The Kier molecular flexibility index (Phi) is 4.67. The van der Waals surface area contributed by atoms with Crippen LogP contribution in [0.4, 0.5) is 13.2 Å². The van der Waals surface area contributed by atoms with E-state index >= 15 is 0 Å². The number of nitrogens with one attached hydrogen (secondary N) is 1. The summed E-state index contributed by atoms with van der Waals surface area (Å²) in [6.45, 7) is 6.18. The highest BCUT2D eigenvalue weighted by atomic mass is 19.4. The standard InChI is InChI=1S/C13H22F3NO/c1-4-12(2,3)9-5-7-10(13(14,15)16)17-11(18)8-6-9/h9-10H,4-8H2,1-3H3,(H,17,18). The lowest BCUT2D eigenvalue weighted by atomic mass is 9.71. The summed E-state index contributed by atoms with van der Waals surface area (Å²) in [4.78, 5) is 11.4. The number of alkyl halides is 3. The largest absolute Gasteiger partial charge is 0.408 e. The quantitative estimate of drug-likeness (QED) is 0.811. The third-order valence-corrected chi connectivity index (χ3v) is 4.27. The molecule has 1 rings (SSSR count). The Morgan fingerprint density at radius 1 is 1.22 bits per heavy atom. The van der Waals surface area contributed by atoms with Crippen LogP contribution in [0.1, 0.15) is 52.9 Å². The van der Waals surface area contributed by atoms with E-state index in [0.29, 0.717) is 12.8 Å². The number of hydrogen-bond donors (Lipinski definition) is 1. The van der Waals surface area contributed by atoms with E-state index in [1.807, 2.05) is 6.92 Å². The summed E-state index contributed by atoms with van der Waals surface area (Å²) in [6.07, 6.45) is -2.05. The minimum absolute atomic E-state index is 0.00618. The van der Waals surface area contributed by atoms with Gasteiger partial charge in [-0.15, -0.1) is 0 Å². The molecule has 1 amide bonds. The molecule has 2 unspecified atom stereocenters. The Morgan fingerprint density at radius 2 is 1.83 bits per heavy atom. The van der Waals surface area contributed by atoms with Crippen molar-refractivity contribution in [1.82, 2.24) is 5.32 Å². The average molecular weight is 265 g/mol. The topological polar surface area (TPSA) is 29.1 Å². The van der Waals surface area contributed by atoms with Gasteiger partial charge in [0.25, 0.3) is 0 Å². The lowest BCUT2D eigenvalue weighted by Crippen LogP contribution is -2.47. The predicted octanol–water partition coefficient (Wildman–Crippen LogP) is 3.66. The van der Waals surface area contributed by atoms with E-state index in [0.717, 1.165) is 6.42 Å². The van der Waals surface area contributed by atoms with Crippen LogP contribution in [0.25, 0.3) is 0 Å². The summed E-state index contributed by atoms with van der Waals surface area (Å²) in [5.74, 6) is -0.299. The van der Waals surface area contributed by atoms with Crippen molar-refractivity contribution in [3.63, 3.8) is 0 Å². The van der Waals surface area contributed by atoms with Gasteiger partial charge in [-0.2, -0.15) is 13.2 Å². The second-order valence-corrected chi connectivity index (χ2v) is 5.82. The SMILES string of the molecule is CCC(C)(C)C1CCC(=O)NC(C(F)(F)F)CC1. The van der Waals surface area contributed by atoms with Gasteiger partial charge in [0.05, 0.1) is 0 Å². The third-order valence-electron chi connectivity index (χ3n) is 4.27. The predicted molar refractivity (Wildman–Crippen MR) is 64.0 cm³/mol. The summed E-state index contributed by atoms with van der Waals surface area (Å²) in [7, 11) is 0. The van der Waals surface area contributed by atoms with Crippen LogP contribution < -0.4 is 5.32 Å². The third kappa shape index (κ3) is 3.89. The number of halogens is 3. The maximum atomic E-state index is 12.7. The van der Waals surface area contributed by atoms with Crippen molar-refractivity contribution in [3.8, 4) is 0 Å². The highest BCUT2D eigenvalue weighted by Gasteiger charge is 2.42. The van der Waals surface area contributed by atoms with Crippen LogP contribution in [0.5, 0.6) is 0 Å². The molecule has 1 N–H and O–H groups in total. The fourth-order valence-electron chi connectivity index (χ4n) is 2.47. The molecule has 0 aliphatic carbocycles. The first kappa shape index (κ1) is 15.3. The lowest BCUT2D eigenvalue weighted by molar-refractivity contribution is -0.165. The molecule has 1 heterocycles. The van der Waals surface area contributed by atoms with Crippen molar-refractivity contribution < 1.29 is 18.0 Å². The fourth-order valence-corrected chi connectivity index (χ4v) is 2.47. The van der Waals surface area contributed by atoms with Gasteiger partial charge in [-0.3, -0.25) is 4.79 Å². The van der Waals surface area contributed by atoms with E-state index in [1.54, 1.807) is 0 Å². The van der Waals surface area contributed by atoms with E-state index in [-0.39, 0.29) is 24.2 Å². The molecule has 0 radical (unpaired) electrons. The van der Waals surface area contributed by atoms with Crippen molar-refractivity contribution in [3.05, 3.63) is 0 Å². The number of hydrogen-bond acceptors (Lipinski definition) is 1. The lowest BCUT2D eigenvalue weighted by Gasteiger charge is -2.36. The number of carbonyl (C=O) groups excluding carboxylic acids is 1. The normalized spacial score (nSPS) is 27.3. The van der Waals surface area contributed by atoms with Crippen molar-refractivity contribution in [2.75, 3.05) is 0 Å². The zero-order chi connectivity index (χ0) is 14.0. The van der Waals surface area contributed by atoms with Crippen molar-refractivity contribution in [2.24, 2.45) is 11.3 Å². The van der Waals surface area contributed by atoms with E-state index < -0.39 is 18.1 Å². The Hall–Kier alpha value is -0.740. The molecule has 18 heavy (non-hydrogen) atoms. The van der Waals surface area contributed by atoms with Crippen molar-refractivity contribution >= 4 is 5.91 Å². The molecule has 2 nitrogen and oxygen atoms in total. The molecule has 5 heteroatoms. The fraction of sp³-hybridized carbons (Fsp3) is 0.923. The minimum atomic E-state index is -4.34. The zero-order valence-corrected chi connectivity index (χ0v) is 11.2. The molecule has 1 fully saturated rings. The van der Waals surface area contributed by atoms with Crippen LogP contribution in [-0.2, 0) is 4.79 Å². The van der Waals surface area contributed by atoms with Crippen LogP contribution in [-0.4, -0.2) is 18.1 Å². The van der Waals surface area contributed by atoms with Crippen LogP contribution in [0, 0.1) is 11.3 Å². The Morgan fingerprint density at radius 3 is 2.33 bits per heavy atom. The maximum absolute atomic E-state index is 12.7. The number of rotatable bonds is 2. The molecule has 0 bridgehead atoms. The Labute approximate surface area is 106 Å². The molecule has 0 saturated carbocycles. The summed E-state index contributed by atoms with van der Waals surface area (Å²) < 4.78 is 38.2. The van der Waals surface area contributed by atoms with Crippen LogP contribution >= 0.6 is 0 Å². The molecule has 0 aromatic carbocycles. The molecular formula is C13H22F3NO. The van der Waals surface area contributed by atoms with Crippen molar-refractivity contribution in [2.45, 2.75) is 65.1 Å². The molecular weight excluding hydrogens is 243 g/mol. The first-order valence-corrected chi connectivity index (χ1v) is 6.53. The molecule has 2 atom stereocenters. The minimum Gasteiger partial charge on any atom is -0.344 e. The zero-order valence-electron chi connectivity index (χ0n) is 11.2. The highest BCUT2D eigenvalue weighted by Crippen LogP contribution is 2.39. The Balaban J connectivity index is 2.77. The molecule has 106 valence electrons. The maximum Gasteiger partial charge on any atom is 0.408 e. The summed E-state index contributed by atoms with van der Waals surface area (Å²) in [5.41, 5.74) is -0.00618. The second-order valence-electron chi connectivity index (χ2n) is 5.82.